The SMILES string of the molecule is CC(=O)C1=C(C)Nc2ncnn2[C@@H]1c1cccc(Cl)c1. The van der Waals surface area contributed by atoms with Gasteiger partial charge < -0.3 is 5.32 Å². The molecule has 0 saturated heterocycles. The molecule has 102 valence electrons. The molecule has 0 fully saturated rings. The van der Waals surface area contributed by atoms with Crippen LogP contribution in [0, 0.1) is 0 Å². The molecule has 3 rings (SSSR count). The molecule has 0 unspecified atom stereocenters. The second-order valence-corrected chi connectivity index (χ2v) is 5.14. The van der Waals surface area contributed by atoms with Gasteiger partial charge in [0.2, 0.25) is 5.95 Å². The summed E-state index contributed by atoms with van der Waals surface area (Å²) in [6.07, 6.45) is 1.47. The molecular weight excluding hydrogens is 276 g/mol. The number of carbonyl (C=O) groups excluding carboxylic acids is 1. The van der Waals surface area contributed by atoms with E-state index in [0.29, 0.717) is 16.5 Å². The summed E-state index contributed by atoms with van der Waals surface area (Å²) >= 11 is 6.07. The fourth-order valence-corrected chi connectivity index (χ4v) is 2.73. The number of hydrogen-bond donors (Lipinski definition) is 1. The lowest BCUT2D eigenvalue weighted by atomic mass is 9.93. The molecule has 1 atom stereocenters. The highest BCUT2D eigenvalue weighted by atomic mass is 35.5. The van der Waals surface area contributed by atoms with Crippen molar-refractivity contribution in [2.24, 2.45) is 0 Å². The first-order valence-electron chi connectivity index (χ1n) is 6.21. The molecule has 0 aliphatic carbocycles. The summed E-state index contributed by atoms with van der Waals surface area (Å²) in [5.41, 5.74) is 2.38. The number of anilines is 1. The first kappa shape index (κ1) is 12.9. The number of aromatic nitrogens is 3. The van der Waals surface area contributed by atoms with Gasteiger partial charge in [0.1, 0.15) is 12.4 Å². The van der Waals surface area contributed by atoms with E-state index in [1.807, 2.05) is 25.1 Å². The van der Waals surface area contributed by atoms with Crippen LogP contribution in [0.15, 0.2) is 41.9 Å². The second-order valence-electron chi connectivity index (χ2n) is 4.71. The van der Waals surface area contributed by atoms with Crippen LogP contribution in [0.1, 0.15) is 25.5 Å². The third kappa shape index (κ3) is 2.00. The van der Waals surface area contributed by atoms with Crippen LogP contribution < -0.4 is 5.32 Å². The first-order chi connectivity index (χ1) is 9.58. The largest absolute Gasteiger partial charge is 0.328 e. The number of rotatable bonds is 2. The average molecular weight is 289 g/mol. The van der Waals surface area contributed by atoms with Crippen LogP contribution in [0.3, 0.4) is 0 Å². The van der Waals surface area contributed by atoms with Crippen LogP contribution in [0.5, 0.6) is 0 Å². The smallest absolute Gasteiger partial charge is 0.226 e. The lowest BCUT2D eigenvalue weighted by Gasteiger charge is -2.28. The van der Waals surface area contributed by atoms with Crippen molar-refractivity contribution in [1.82, 2.24) is 14.8 Å². The molecule has 0 radical (unpaired) electrons. The second kappa shape index (κ2) is 4.76. The quantitative estimate of drug-likeness (QED) is 0.923. The van der Waals surface area contributed by atoms with Gasteiger partial charge in [0, 0.05) is 16.3 Å². The summed E-state index contributed by atoms with van der Waals surface area (Å²) < 4.78 is 1.70. The van der Waals surface area contributed by atoms with Gasteiger partial charge in [-0.25, -0.2) is 4.68 Å². The van der Waals surface area contributed by atoms with Crippen molar-refractivity contribution in [2.45, 2.75) is 19.9 Å². The third-order valence-corrected chi connectivity index (χ3v) is 3.57. The van der Waals surface area contributed by atoms with E-state index in [0.717, 1.165) is 11.3 Å². The predicted molar refractivity (Wildman–Crippen MR) is 76.6 cm³/mol. The monoisotopic (exact) mass is 288 g/mol. The van der Waals surface area contributed by atoms with E-state index in [9.17, 15) is 4.79 Å². The maximum Gasteiger partial charge on any atom is 0.226 e. The van der Waals surface area contributed by atoms with Gasteiger partial charge in [-0.05, 0) is 31.5 Å². The van der Waals surface area contributed by atoms with Crippen molar-refractivity contribution in [3.63, 3.8) is 0 Å². The standard InChI is InChI=1S/C14H13ClN4O/c1-8-12(9(2)20)13(10-4-3-5-11(15)6-10)19-14(18-8)16-7-17-19/h3-7,13H,1-2H3,(H,16,17,18)/t13-/m1/s1. The van der Waals surface area contributed by atoms with Gasteiger partial charge in [-0.3, -0.25) is 4.79 Å². The number of carbonyl (C=O) groups is 1. The van der Waals surface area contributed by atoms with E-state index in [-0.39, 0.29) is 11.8 Å². The Hall–Kier alpha value is -2.14. The van der Waals surface area contributed by atoms with Crippen LogP contribution >= 0.6 is 11.6 Å². The Morgan fingerprint density at radius 2 is 2.25 bits per heavy atom. The summed E-state index contributed by atoms with van der Waals surface area (Å²) in [4.78, 5) is 16.2. The highest BCUT2D eigenvalue weighted by Crippen LogP contribution is 2.35. The fraction of sp³-hybridized carbons (Fsp3) is 0.214. The van der Waals surface area contributed by atoms with Crippen molar-refractivity contribution in [3.05, 3.63) is 52.4 Å². The number of Topliss-reactive ketones (excluding diaryl/α,β-unsaturated/α-hetero) is 1. The summed E-state index contributed by atoms with van der Waals surface area (Å²) in [6.45, 7) is 3.42. The van der Waals surface area contributed by atoms with Gasteiger partial charge in [0.15, 0.2) is 5.78 Å². The zero-order valence-corrected chi connectivity index (χ0v) is 11.8. The minimum absolute atomic E-state index is 0.00104. The highest BCUT2D eigenvalue weighted by molar-refractivity contribution is 6.30. The Morgan fingerprint density at radius 3 is 2.95 bits per heavy atom. The minimum Gasteiger partial charge on any atom is -0.328 e. The van der Waals surface area contributed by atoms with Crippen LogP contribution in [0.4, 0.5) is 5.95 Å². The third-order valence-electron chi connectivity index (χ3n) is 3.34. The number of fused-ring (bicyclic) bond motifs is 1. The number of nitrogens with one attached hydrogen (secondary N) is 1. The van der Waals surface area contributed by atoms with Crippen molar-refractivity contribution in [1.29, 1.82) is 0 Å². The van der Waals surface area contributed by atoms with Crippen molar-refractivity contribution in [2.75, 3.05) is 5.32 Å². The number of hydrogen-bond acceptors (Lipinski definition) is 4. The molecule has 0 spiro atoms. The molecule has 0 bridgehead atoms. The molecular formula is C14H13ClN4O. The molecule has 0 amide bonds. The summed E-state index contributed by atoms with van der Waals surface area (Å²) in [5, 5.41) is 7.95. The predicted octanol–water partition coefficient (Wildman–Crippen LogP) is 2.81. The molecule has 2 aromatic rings. The van der Waals surface area contributed by atoms with Crippen LogP contribution in [0.25, 0.3) is 0 Å². The lowest BCUT2D eigenvalue weighted by molar-refractivity contribution is -0.114. The van der Waals surface area contributed by atoms with Crippen LogP contribution in [-0.2, 0) is 4.79 Å². The summed E-state index contributed by atoms with van der Waals surface area (Å²) in [5.74, 6) is 0.624. The molecule has 6 heteroatoms. The molecule has 1 aliphatic rings. The Kier molecular flexibility index (Phi) is 3.06. The Labute approximate surface area is 121 Å². The molecule has 1 N–H and O–H groups in total. The average Bonchev–Trinajstić information content (AvgIpc) is 2.84. The lowest BCUT2D eigenvalue weighted by Crippen LogP contribution is -2.27. The Bertz CT molecular complexity index is 719. The topological polar surface area (TPSA) is 59.8 Å². The number of allylic oxidation sites excluding steroid dienone is 2. The number of nitrogens with zero attached hydrogens (tertiary/aromatic N) is 3. The van der Waals surface area contributed by atoms with E-state index in [2.05, 4.69) is 15.4 Å². The van der Waals surface area contributed by atoms with Gasteiger partial charge in [0.05, 0.1) is 0 Å². The summed E-state index contributed by atoms with van der Waals surface area (Å²) in [7, 11) is 0. The van der Waals surface area contributed by atoms with Gasteiger partial charge in [-0.1, -0.05) is 23.7 Å². The normalized spacial score (nSPS) is 17.6. The fourth-order valence-electron chi connectivity index (χ4n) is 2.53. The molecule has 2 heterocycles. The van der Waals surface area contributed by atoms with Gasteiger partial charge in [-0.15, -0.1) is 0 Å². The molecule has 0 saturated carbocycles. The first-order valence-corrected chi connectivity index (χ1v) is 6.59. The molecule has 1 aromatic carbocycles. The maximum absolute atomic E-state index is 12.0. The van der Waals surface area contributed by atoms with E-state index < -0.39 is 0 Å². The number of ketones is 1. The van der Waals surface area contributed by atoms with Gasteiger partial charge in [-0.2, -0.15) is 10.1 Å². The van der Waals surface area contributed by atoms with Crippen molar-refractivity contribution in [3.8, 4) is 0 Å². The summed E-state index contributed by atoms with van der Waals surface area (Å²) in [6, 6.07) is 7.15. The van der Waals surface area contributed by atoms with E-state index in [4.69, 9.17) is 11.6 Å². The number of halogens is 1. The molecule has 1 aromatic heterocycles. The molecule has 1 aliphatic heterocycles. The van der Waals surface area contributed by atoms with E-state index >= 15 is 0 Å². The van der Waals surface area contributed by atoms with Crippen LogP contribution in [-0.4, -0.2) is 20.5 Å². The minimum atomic E-state index is -0.301. The van der Waals surface area contributed by atoms with Gasteiger partial charge in [0.25, 0.3) is 0 Å². The van der Waals surface area contributed by atoms with Crippen molar-refractivity contribution < 1.29 is 4.79 Å². The van der Waals surface area contributed by atoms with Crippen LogP contribution in [0.2, 0.25) is 5.02 Å². The van der Waals surface area contributed by atoms with E-state index in [1.54, 1.807) is 17.7 Å². The Balaban J connectivity index is 2.22. The highest BCUT2D eigenvalue weighted by Gasteiger charge is 2.31. The zero-order valence-electron chi connectivity index (χ0n) is 11.1. The van der Waals surface area contributed by atoms with Crippen molar-refractivity contribution >= 4 is 23.3 Å². The van der Waals surface area contributed by atoms with E-state index in [1.165, 1.54) is 6.33 Å². The molecule has 20 heavy (non-hydrogen) atoms. The molecule has 5 nitrogen and oxygen atoms in total. The number of benzene rings is 1. The van der Waals surface area contributed by atoms with Gasteiger partial charge >= 0.3 is 0 Å². The maximum atomic E-state index is 12.0. The zero-order chi connectivity index (χ0) is 14.3. The Morgan fingerprint density at radius 1 is 1.45 bits per heavy atom.